The van der Waals surface area contributed by atoms with Crippen molar-refractivity contribution < 1.29 is 9.59 Å². The number of anilines is 2. The van der Waals surface area contributed by atoms with Crippen LogP contribution >= 0.6 is 0 Å². The molecular weight excluding hydrogens is 306 g/mol. The zero-order valence-electron chi connectivity index (χ0n) is 13.5. The van der Waals surface area contributed by atoms with Crippen LogP contribution in [0, 0.1) is 0 Å². The highest BCUT2D eigenvalue weighted by Gasteiger charge is 2.19. The van der Waals surface area contributed by atoms with E-state index in [0.717, 1.165) is 31.9 Å². The van der Waals surface area contributed by atoms with Gasteiger partial charge in [0.2, 0.25) is 5.91 Å². The van der Waals surface area contributed by atoms with E-state index in [9.17, 15) is 9.59 Å². The lowest BCUT2D eigenvalue weighted by atomic mass is 10.2. The average Bonchev–Trinajstić information content (AvgIpc) is 2.63. The third-order valence-corrected chi connectivity index (χ3v) is 4.00. The van der Waals surface area contributed by atoms with Crippen molar-refractivity contribution >= 4 is 23.3 Å². The summed E-state index contributed by atoms with van der Waals surface area (Å²) < 4.78 is 0. The molecule has 1 aliphatic rings. The van der Waals surface area contributed by atoms with Crippen molar-refractivity contribution in [3.8, 4) is 0 Å². The average molecular weight is 325 g/mol. The van der Waals surface area contributed by atoms with E-state index in [1.54, 1.807) is 37.5 Å². The van der Waals surface area contributed by atoms with Gasteiger partial charge in [-0.15, -0.1) is 0 Å². The molecule has 24 heavy (non-hydrogen) atoms. The van der Waals surface area contributed by atoms with Crippen molar-refractivity contribution in [2.75, 3.05) is 36.4 Å². The molecule has 124 valence electrons. The van der Waals surface area contributed by atoms with Gasteiger partial charge in [0.15, 0.2) is 0 Å². The summed E-state index contributed by atoms with van der Waals surface area (Å²) in [4.78, 5) is 35.7. The first-order valence-corrected chi connectivity index (χ1v) is 7.81. The number of rotatable bonds is 3. The Labute approximate surface area is 140 Å². The number of aromatic nitrogens is 2. The Morgan fingerprint density at radius 3 is 2.46 bits per heavy atom. The zero-order chi connectivity index (χ0) is 16.9. The topological polar surface area (TPSA) is 78.4 Å². The molecule has 2 aromatic heterocycles. The molecular formula is C17H19N5O2. The van der Waals surface area contributed by atoms with Gasteiger partial charge in [-0.05, 0) is 24.3 Å². The highest BCUT2D eigenvalue weighted by atomic mass is 16.2. The standard InChI is InChI=1S/C17H19N5O2/c1-13(23)21-7-9-22(10-8-21)15-4-5-16(19-12-15)20-17(24)14-3-2-6-18-11-14/h2-6,11-12H,7-10H2,1H3,(H,19,20,24). The highest BCUT2D eigenvalue weighted by Crippen LogP contribution is 2.17. The van der Waals surface area contributed by atoms with Crippen LogP contribution in [0.25, 0.3) is 0 Å². The Morgan fingerprint density at radius 2 is 1.88 bits per heavy atom. The summed E-state index contributed by atoms with van der Waals surface area (Å²) in [6.45, 7) is 4.59. The number of pyridine rings is 2. The maximum atomic E-state index is 12.1. The molecule has 0 bridgehead atoms. The van der Waals surface area contributed by atoms with E-state index in [0.29, 0.717) is 11.4 Å². The van der Waals surface area contributed by atoms with Crippen molar-refractivity contribution in [2.45, 2.75) is 6.92 Å². The third-order valence-electron chi connectivity index (χ3n) is 4.00. The van der Waals surface area contributed by atoms with Crippen molar-refractivity contribution in [2.24, 2.45) is 0 Å². The van der Waals surface area contributed by atoms with Crippen LogP contribution in [0.3, 0.4) is 0 Å². The Bertz CT molecular complexity index is 710. The Hall–Kier alpha value is -2.96. The molecule has 0 aromatic carbocycles. The smallest absolute Gasteiger partial charge is 0.258 e. The first-order valence-electron chi connectivity index (χ1n) is 7.81. The van der Waals surface area contributed by atoms with Crippen molar-refractivity contribution in [3.63, 3.8) is 0 Å². The van der Waals surface area contributed by atoms with Crippen LogP contribution in [-0.2, 0) is 4.79 Å². The fourth-order valence-corrected chi connectivity index (χ4v) is 2.61. The molecule has 1 saturated heterocycles. The van der Waals surface area contributed by atoms with Crippen LogP contribution in [0.1, 0.15) is 17.3 Å². The predicted octanol–water partition coefficient (Wildman–Crippen LogP) is 1.40. The van der Waals surface area contributed by atoms with Crippen LogP contribution < -0.4 is 10.2 Å². The van der Waals surface area contributed by atoms with Gasteiger partial charge < -0.3 is 15.1 Å². The SMILES string of the molecule is CC(=O)N1CCN(c2ccc(NC(=O)c3cccnc3)nc2)CC1. The lowest BCUT2D eigenvalue weighted by molar-refractivity contribution is -0.129. The number of carbonyl (C=O) groups is 2. The van der Waals surface area contributed by atoms with Crippen molar-refractivity contribution in [1.82, 2.24) is 14.9 Å². The van der Waals surface area contributed by atoms with Crippen LogP contribution in [-0.4, -0.2) is 52.9 Å². The van der Waals surface area contributed by atoms with E-state index in [-0.39, 0.29) is 11.8 Å². The summed E-state index contributed by atoms with van der Waals surface area (Å²) in [6, 6.07) is 7.12. The van der Waals surface area contributed by atoms with Crippen LogP contribution in [0.2, 0.25) is 0 Å². The number of nitrogens with zero attached hydrogens (tertiary/aromatic N) is 4. The van der Waals surface area contributed by atoms with Gasteiger partial charge in [0.05, 0.1) is 17.4 Å². The fraction of sp³-hybridized carbons (Fsp3) is 0.294. The maximum Gasteiger partial charge on any atom is 0.258 e. The molecule has 2 aromatic rings. The molecule has 0 spiro atoms. The summed E-state index contributed by atoms with van der Waals surface area (Å²) in [7, 11) is 0. The lowest BCUT2D eigenvalue weighted by Gasteiger charge is -2.35. The molecule has 0 unspecified atom stereocenters. The molecule has 1 aliphatic heterocycles. The maximum absolute atomic E-state index is 12.1. The Morgan fingerprint density at radius 1 is 1.08 bits per heavy atom. The molecule has 0 radical (unpaired) electrons. The minimum atomic E-state index is -0.238. The van der Waals surface area contributed by atoms with E-state index >= 15 is 0 Å². The first-order chi connectivity index (χ1) is 11.6. The van der Waals surface area contributed by atoms with Gasteiger partial charge in [0, 0.05) is 45.5 Å². The van der Waals surface area contributed by atoms with Gasteiger partial charge in [-0.1, -0.05) is 0 Å². The summed E-state index contributed by atoms with van der Waals surface area (Å²) >= 11 is 0. The second-order valence-corrected chi connectivity index (χ2v) is 5.59. The number of piperazine rings is 1. The highest BCUT2D eigenvalue weighted by molar-refractivity contribution is 6.03. The van der Waals surface area contributed by atoms with Crippen molar-refractivity contribution in [1.29, 1.82) is 0 Å². The Balaban J connectivity index is 1.60. The molecule has 2 amide bonds. The fourth-order valence-electron chi connectivity index (χ4n) is 2.61. The molecule has 1 fully saturated rings. The summed E-state index contributed by atoms with van der Waals surface area (Å²) in [5.41, 5.74) is 1.47. The quantitative estimate of drug-likeness (QED) is 0.923. The monoisotopic (exact) mass is 325 g/mol. The second-order valence-electron chi connectivity index (χ2n) is 5.59. The summed E-state index contributed by atoms with van der Waals surface area (Å²) in [5, 5.41) is 2.75. The van der Waals surface area contributed by atoms with Gasteiger partial charge in [-0.3, -0.25) is 14.6 Å². The van der Waals surface area contributed by atoms with E-state index in [1.807, 2.05) is 11.0 Å². The molecule has 3 rings (SSSR count). The molecule has 7 heteroatoms. The van der Waals surface area contributed by atoms with Crippen LogP contribution in [0.5, 0.6) is 0 Å². The molecule has 7 nitrogen and oxygen atoms in total. The minimum absolute atomic E-state index is 0.112. The van der Waals surface area contributed by atoms with Gasteiger partial charge >= 0.3 is 0 Å². The predicted molar refractivity (Wildman–Crippen MR) is 90.9 cm³/mol. The van der Waals surface area contributed by atoms with Crippen LogP contribution in [0.15, 0.2) is 42.9 Å². The molecule has 0 atom stereocenters. The molecule has 0 aliphatic carbocycles. The lowest BCUT2D eigenvalue weighted by Crippen LogP contribution is -2.48. The molecule has 0 saturated carbocycles. The third kappa shape index (κ3) is 3.68. The van der Waals surface area contributed by atoms with Gasteiger partial charge in [0.1, 0.15) is 5.82 Å². The van der Waals surface area contributed by atoms with Crippen LogP contribution in [0.4, 0.5) is 11.5 Å². The van der Waals surface area contributed by atoms with Gasteiger partial charge in [-0.2, -0.15) is 0 Å². The van der Waals surface area contributed by atoms with Crippen molar-refractivity contribution in [3.05, 3.63) is 48.4 Å². The minimum Gasteiger partial charge on any atom is -0.367 e. The normalized spacial score (nSPS) is 14.4. The van der Waals surface area contributed by atoms with Gasteiger partial charge in [-0.25, -0.2) is 4.98 Å². The van der Waals surface area contributed by atoms with E-state index in [2.05, 4.69) is 20.2 Å². The number of hydrogen-bond acceptors (Lipinski definition) is 5. The molecule has 3 heterocycles. The second kappa shape index (κ2) is 7.08. The number of amides is 2. The summed E-state index contributed by atoms with van der Waals surface area (Å²) in [6.07, 6.45) is 4.87. The van der Waals surface area contributed by atoms with E-state index in [4.69, 9.17) is 0 Å². The number of hydrogen-bond donors (Lipinski definition) is 1. The van der Waals surface area contributed by atoms with E-state index in [1.165, 1.54) is 6.20 Å². The largest absolute Gasteiger partial charge is 0.367 e. The first kappa shape index (κ1) is 15.9. The number of nitrogens with one attached hydrogen (secondary N) is 1. The van der Waals surface area contributed by atoms with Gasteiger partial charge in [0.25, 0.3) is 5.91 Å². The number of carbonyl (C=O) groups excluding carboxylic acids is 2. The van der Waals surface area contributed by atoms with E-state index < -0.39 is 0 Å². The molecule has 1 N–H and O–H groups in total. The zero-order valence-corrected chi connectivity index (χ0v) is 13.5. The summed E-state index contributed by atoms with van der Waals surface area (Å²) in [5.74, 6) is 0.370. The Kier molecular flexibility index (Phi) is 4.69.